The number of nitrogens with zero attached hydrogens (tertiary/aromatic N) is 3. The molecule has 2 aromatic heterocycles. The van der Waals surface area contributed by atoms with E-state index in [-0.39, 0.29) is 24.0 Å². The number of nitrogens with one attached hydrogen (secondary N) is 2. The number of hydrazine groups is 1. The molecule has 11 heteroatoms. The number of aromatic nitrogens is 3. The molecule has 2 aliphatic carbocycles. The Morgan fingerprint density at radius 2 is 1.91 bits per heavy atom. The van der Waals surface area contributed by atoms with Crippen LogP contribution in [0.2, 0.25) is 0 Å². The van der Waals surface area contributed by atoms with Gasteiger partial charge in [0.1, 0.15) is 11.9 Å². The zero-order valence-corrected chi connectivity index (χ0v) is 19.9. The topological polar surface area (TPSA) is 133 Å². The quantitative estimate of drug-likeness (QED) is 0.282. The Kier molecular flexibility index (Phi) is 8.64. The van der Waals surface area contributed by atoms with Crippen molar-refractivity contribution in [3.8, 4) is 0 Å². The van der Waals surface area contributed by atoms with E-state index in [1.807, 2.05) is 13.8 Å². The summed E-state index contributed by atoms with van der Waals surface area (Å²) in [7, 11) is 0. The lowest BCUT2D eigenvalue weighted by atomic mass is 9.85. The second kappa shape index (κ2) is 11.3. The highest BCUT2D eigenvalue weighted by atomic mass is 19.3. The molecular formula is C23H37F3N8. The summed E-state index contributed by atoms with van der Waals surface area (Å²) in [5.41, 5.74) is 16.5. The van der Waals surface area contributed by atoms with E-state index >= 15 is 0 Å². The van der Waals surface area contributed by atoms with Crippen LogP contribution in [0.15, 0.2) is 18.5 Å². The summed E-state index contributed by atoms with van der Waals surface area (Å²) in [6, 6.07) is 0.866. The van der Waals surface area contributed by atoms with Crippen molar-refractivity contribution >= 4 is 17.3 Å². The molecule has 2 aliphatic rings. The van der Waals surface area contributed by atoms with E-state index in [1.54, 1.807) is 18.5 Å². The molecule has 0 bridgehead atoms. The molecular weight excluding hydrogens is 445 g/mol. The number of nitrogens with two attached hydrogens (primary N) is 3. The average molecular weight is 483 g/mol. The fourth-order valence-corrected chi connectivity index (χ4v) is 4.78. The summed E-state index contributed by atoms with van der Waals surface area (Å²) in [5, 5.41) is 7.73. The molecule has 0 aliphatic heterocycles. The summed E-state index contributed by atoms with van der Waals surface area (Å²) in [6.45, 7) is 4.71. The molecule has 3 atom stereocenters. The molecule has 8 N–H and O–H groups in total. The highest BCUT2D eigenvalue weighted by Gasteiger charge is 2.60. The number of halogens is 3. The summed E-state index contributed by atoms with van der Waals surface area (Å²) >= 11 is 0. The van der Waals surface area contributed by atoms with E-state index in [2.05, 4.69) is 20.8 Å². The molecule has 0 amide bonds. The zero-order chi connectivity index (χ0) is 24.9. The molecule has 2 saturated carbocycles. The molecule has 4 rings (SSSR count). The highest BCUT2D eigenvalue weighted by Crippen LogP contribution is 2.49. The largest absolute Gasteiger partial charge is 0.395 e. The van der Waals surface area contributed by atoms with Crippen LogP contribution in [0.3, 0.4) is 0 Å². The van der Waals surface area contributed by atoms with Gasteiger partial charge in [0.05, 0.1) is 11.9 Å². The minimum absolute atomic E-state index is 0.241. The monoisotopic (exact) mass is 482 g/mol. The lowest BCUT2D eigenvalue weighted by Crippen LogP contribution is -2.51. The standard InChI is InChI=1S/C21H31F3N8.C2H6/c22-16-9-17(21(16,23)24)32-11-12(10-29-32)14(6-7-28-13-4-2-1-3-5-13)15-8-18(25)30-20(31-27)19(15)26;1-2/h8,10-11,13-14,16-17,28H,1-7,9,26-27H2,(H3,25,30,31);1-2H3. The van der Waals surface area contributed by atoms with Gasteiger partial charge < -0.3 is 22.2 Å². The number of anilines is 3. The minimum atomic E-state index is -3.42. The number of hydrogen-bond acceptors (Lipinski definition) is 7. The van der Waals surface area contributed by atoms with Crippen molar-refractivity contribution in [3.05, 3.63) is 29.6 Å². The molecule has 0 saturated heterocycles. The normalized spacial score (nSPS) is 22.9. The molecule has 8 nitrogen and oxygen atoms in total. The maximum atomic E-state index is 13.9. The van der Waals surface area contributed by atoms with Crippen molar-refractivity contribution < 1.29 is 13.2 Å². The third-order valence-corrected chi connectivity index (χ3v) is 6.73. The van der Waals surface area contributed by atoms with Crippen molar-refractivity contribution in [3.63, 3.8) is 0 Å². The first kappa shape index (κ1) is 26.1. The fourth-order valence-electron chi connectivity index (χ4n) is 4.78. The Hall–Kier alpha value is -2.53. The van der Waals surface area contributed by atoms with Crippen molar-refractivity contribution in [1.29, 1.82) is 0 Å². The lowest BCUT2D eigenvalue weighted by molar-refractivity contribution is -0.187. The highest BCUT2D eigenvalue weighted by molar-refractivity contribution is 5.70. The van der Waals surface area contributed by atoms with Crippen molar-refractivity contribution in [1.82, 2.24) is 20.1 Å². The molecule has 0 radical (unpaired) electrons. The Morgan fingerprint density at radius 3 is 2.53 bits per heavy atom. The lowest BCUT2D eigenvalue weighted by Gasteiger charge is -2.39. The molecule has 2 heterocycles. The smallest absolute Gasteiger partial charge is 0.300 e. The number of alkyl halides is 3. The molecule has 0 aromatic carbocycles. The number of rotatable bonds is 8. The molecule has 2 aromatic rings. The Morgan fingerprint density at radius 1 is 1.21 bits per heavy atom. The second-order valence-electron chi connectivity index (χ2n) is 8.82. The molecule has 0 spiro atoms. The predicted octanol–water partition coefficient (Wildman–Crippen LogP) is 4.12. The van der Waals surface area contributed by atoms with Crippen molar-refractivity contribution in [2.24, 2.45) is 5.84 Å². The van der Waals surface area contributed by atoms with Crippen LogP contribution in [-0.2, 0) is 0 Å². The zero-order valence-electron chi connectivity index (χ0n) is 19.9. The third kappa shape index (κ3) is 5.41. The summed E-state index contributed by atoms with van der Waals surface area (Å²) in [6.07, 6.45) is 7.36. The van der Waals surface area contributed by atoms with E-state index < -0.39 is 18.1 Å². The molecule has 2 fully saturated rings. The van der Waals surface area contributed by atoms with Gasteiger partial charge in [-0.3, -0.25) is 4.68 Å². The number of pyridine rings is 1. The third-order valence-electron chi connectivity index (χ3n) is 6.73. The summed E-state index contributed by atoms with van der Waals surface area (Å²) in [5.74, 6) is 2.35. The fraction of sp³-hybridized carbons (Fsp3) is 0.652. The number of hydrogen-bond donors (Lipinski definition) is 5. The first-order chi connectivity index (χ1) is 16.3. The van der Waals surface area contributed by atoms with Crippen LogP contribution in [0, 0.1) is 0 Å². The van der Waals surface area contributed by atoms with Gasteiger partial charge in [-0.05, 0) is 43.0 Å². The van der Waals surface area contributed by atoms with E-state index in [1.165, 1.54) is 19.3 Å². The van der Waals surface area contributed by atoms with Crippen LogP contribution in [-0.4, -0.2) is 39.4 Å². The Bertz CT molecular complexity index is 929. The summed E-state index contributed by atoms with van der Waals surface area (Å²) in [4.78, 5) is 4.10. The van der Waals surface area contributed by atoms with Crippen LogP contribution in [0.25, 0.3) is 0 Å². The second-order valence-corrected chi connectivity index (χ2v) is 8.82. The van der Waals surface area contributed by atoms with Crippen LogP contribution < -0.4 is 28.1 Å². The van der Waals surface area contributed by atoms with E-state index in [0.717, 1.165) is 17.5 Å². The molecule has 34 heavy (non-hydrogen) atoms. The van der Waals surface area contributed by atoms with E-state index in [0.29, 0.717) is 35.8 Å². The van der Waals surface area contributed by atoms with Gasteiger partial charge in [-0.1, -0.05) is 33.1 Å². The van der Waals surface area contributed by atoms with Crippen LogP contribution >= 0.6 is 0 Å². The minimum Gasteiger partial charge on any atom is -0.395 e. The predicted molar refractivity (Wildman–Crippen MR) is 129 cm³/mol. The van der Waals surface area contributed by atoms with Crippen LogP contribution in [0.5, 0.6) is 0 Å². The van der Waals surface area contributed by atoms with Gasteiger partial charge in [0, 0.05) is 24.6 Å². The first-order valence-corrected chi connectivity index (χ1v) is 12.1. The Balaban J connectivity index is 0.00000158. The van der Waals surface area contributed by atoms with Gasteiger partial charge >= 0.3 is 5.92 Å². The molecule has 190 valence electrons. The average Bonchev–Trinajstić information content (AvgIpc) is 3.32. The summed E-state index contributed by atoms with van der Waals surface area (Å²) < 4.78 is 42.3. The van der Waals surface area contributed by atoms with Gasteiger partial charge in [0.25, 0.3) is 0 Å². The van der Waals surface area contributed by atoms with Gasteiger partial charge in [0.2, 0.25) is 0 Å². The van der Waals surface area contributed by atoms with Gasteiger partial charge in [-0.2, -0.15) is 5.10 Å². The first-order valence-electron chi connectivity index (χ1n) is 12.1. The van der Waals surface area contributed by atoms with Gasteiger partial charge in [0.15, 0.2) is 12.0 Å². The van der Waals surface area contributed by atoms with Crippen LogP contribution in [0.4, 0.5) is 30.5 Å². The van der Waals surface area contributed by atoms with Crippen LogP contribution in [0.1, 0.15) is 81.9 Å². The molecule has 3 unspecified atom stereocenters. The SMILES string of the molecule is CC.NNc1nc(N)cc(C(CCNC2CCCCC2)c2cnn(C3CC(F)C3(F)F)c2)c1N. The maximum absolute atomic E-state index is 13.9. The van der Waals surface area contributed by atoms with Gasteiger partial charge in [-0.25, -0.2) is 24.0 Å². The van der Waals surface area contributed by atoms with Crippen molar-refractivity contribution in [2.75, 3.05) is 23.4 Å². The van der Waals surface area contributed by atoms with Gasteiger partial charge in [-0.15, -0.1) is 0 Å². The van der Waals surface area contributed by atoms with Crippen molar-refractivity contribution in [2.45, 2.75) is 88.9 Å². The maximum Gasteiger partial charge on any atom is 0.300 e. The number of nitrogen functional groups attached to an aromatic ring is 3. The van der Waals surface area contributed by atoms with E-state index in [4.69, 9.17) is 17.3 Å². The van der Waals surface area contributed by atoms with E-state index in [9.17, 15) is 13.2 Å². The Labute approximate surface area is 198 Å².